The van der Waals surface area contributed by atoms with Crippen LogP contribution in [-0.2, 0) is 14.2 Å². The SMILES string of the molecule is CC1COCCOCCOC1. The Morgan fingerprint density at radius 3 is 1.82 bits per heavy atom. The van der Waals surface area contributed by atoms with Crippen molar-refractivity contribution in [3.05, 3.63) is 0 Å². The minimum absolute atomic E-state index is 0.507. The summed E-state index contributed by atoms with van der Waals surface area (Å²) < 4.78 is 15.8. The topological polar surface area (TPSA) is 27.7 Å². The fraction of sp³-hybridized carbons (Fsp3) is 1.00. The van der Waals surface area contributed by atoms with Gasteiger partial charge in [-0.2, -0.15) is 0 Å². The first kappa shape index (κ1) is 8.97. The molecule has 0 aromatic carbocycles. The van der Waals surface area contributed by atoms with Gasteiger partial charge in [0.25, 0.3) is 0 Å². The van der Waals surface area contributed by atoms with Crippen LogP contribution in [0.5, 0.6) is 0 Å². The summed E-state index contributed by atoms with van der Waals surface area (Å²) in [6, 6.07) is 0. The van der Waals surface area contributed by atoms with E-state index in [1.54, 1.807) is 0 Å². The van der Waals surface area contributed by atoms with Crippen molar-refractivity contribution in [1.82, 2.24) is 0 Å². The molecule has 0 aromatic heterocycles. The van der Waals surface area contributed by atoms with E-state index in [1.165, 1.54) is 0 Å². The van der Waals surface area contributed by atoms with Gasteiger partial charge < -0.3 is 14.2 Å². The van der Waals surface area contributed by atoms with Crippen molar-refractivity contribution in [3.63, 3.8) is 0 Å². The fourth-order valence-corrected chi connectivity index (χ4v) is 0.955. The summed E-state index contributed by atoms with van der Waals surface area (Å²) in [6.07, 6.45) is 0. The largest absolute Gasteiger partial charge is 0.379 e. The first-order valence-electron chi connectivity index (χ1n) is 4.13. The Hall–Kier alpha value is -0.120. The molecule has 11 heavy (non-hydrogen) atoms. The average Bonchev–Trinajstić information content (AvgIpc) is 2.03. The molecule has 3 nitrogen and oxygen atoms in total. The van der Waals surface area contributed by atoms with Crippen LogP contribution in [-0.4, -0.2) is 39.6 Å². The van der Waals surface area contributed by atoms with Gasteiger partial charge in [-0.25, -0.2) is 0 Å². The molecule has 1 rings (SSSR count). The van der Waals surface area contributed by atoms with Crippen LogP contribution in [0.15, 0.2) is 0 Å². The minimum Gasteiger partial charge on any atom is -0.379 e. The van der Waals surface area contributed by atoms with Crippen LogP contribution in [0.2, 0.25) is 0 Å². The highest BCUT2D eigenvalue weighted by molar-refractivity contribution is 4.49. The maximum atomic E-state index is 5.32. The molecule has 0 saturated carbocycles. The lowest BCUT2D eigenvalue weighted by molar-refractivity contribution is -0.0292. The third kappa shape index (κ3) is 4.35. The van der Waals surface area contributed by atoms with Crippen LogP contribution >= 0.6 is 0 Å². The molecule has 0 bridgehead atoms. The van der Waals surface area contributed by atoms with Crippen molar-refractivity contribution in [3.8, 4) is 0 Å². The van der Waals surface area contributed by atoms with E-state index in [0.29, 0.717) is 32.3 Å². The molecular weight excluding hydrogens is 144 g/mol. The highest BCUT2D eigenvalue weighted by Gasteiger charge is 2.03. The van der Waals surface area contributed by atoms with Gasteiger partial charge in [0.05, 0.1) is 39.6 Å². The Labute approximate surface area is 67.6 Å². The van der Waals surface area contributed by atoms with Gasteiger partial charge in [-0.3, -0.25) is 0 Å². The number of hydrogen-bond acceptors (Lipinski definition) is 3. The van der Waals surface area contributed by atoms with E-state index in [1.807, 2.05) is 0 Å². The van der Waals surface area contributed by atoms with Crippen LogP contribution in [0.3, 0.4) is 0 Å². The van der Waals surface area contributed by atoms with Crippen molar-refractivity contribution < 1.29 is 14.2 Å². The summed E-state index contributed by atoms with van der Waals surface area (Å²) in [5.74, 6) is 0.507. The minimum atomic E-state index is 0.507. The van der Waals surface area contributed by atoms with E-state index < -0.39 is 0 Å². The Morgan fingerprint density at radius 1 is 0.818 bits per heavy atom. The third-order valence-electron chi connectivity index (χ3n) is 1.55. The van der Waals surface area contributed by atoms with Crippen molar-refractivity contribution in [2.75, 3.05) is 39.6 Å². The molecule has 0 spiro atoms. The van der Waals surface area contributed by atoms with Gasteiger partial charge in [-0.05, 0) is 0 Å². The van der Waals surface area contributed by atoms with Gasteiger partial charge in [0.1, 0.15) is 0 Å². The van der Waals surface area contributed by atoms with Crippen LogP contribution in [0.1, 0.15) is 6.92 Å². The molecule has 0 radical (unpaired) electrons. The van der Waals surface area contributed by atoms with E-state index in [-0.39, 0.29) is 0 Å². The molecule has 1 heterocycles. The van der Waals surface area contributed by atoms with Crippen LogP contribution in [0.25, 0.3) is 0 Å². The molecule has 0 atom stereocenters. The summed E-state index contributed by atoms with van der Waals surface area (Å²) in [6.45, 7) is 6.50. The lowest BCUT2D eigenvalue weighted by Gasteiger charge is -2.15. The third-order valence-corrected chi connectivity index (χ3v) is 1.55. The van der Waals surface area contributed by atoms with Gasteiger partial charge in [0.15, 0.2) is 0 Å². The van der Waals surface area contributed by atoms with E-state index in [0.717, 1.165) is 13.2 Å². The standard InChI is InChI=1S/C8H16O3/c1-8-6-10-4-2-9-3-5-11-7-8/h8H,2-7H2,1H3. The van der Waals surface area contributed by atoms with Gasteiger partial charge in [-0.15, -0.1) is 0 Å². The van der Waals surface area contributed by atoms with E-state index in [4.69, 9.17) is 14.2 Å². The summed E-state index contributed by atoms with van der Waals surface area (Å²) in [5.41, 5.74) is 0. The Kier molecular flexibility index (Phi) is 4.50. The molecule has 1 aliphatic rings. The number of hydrogen-bond donors (Lipinski definition) is 0. The summed E-state index contributed by atoms with van der Waals surface area (Å²) in [7, 11) is 0. The first-order chi connectivity index (χ1) is 5.39. The summed E-state index contributed by atoms with van der Waals surface area (Å²) in [4.78, 5) is 0. The zero-order valence-corrected chi connectivity index (χ0v) is 7.04. The average molecular weight is 160 g/mol. The smallest absolute Gasteiger partial charge is 0.0701 e. The zero-order chi connectivity index (χ0) is 7.94. The molecule has 0 aromatic rings. The molecule has 0 aliphatic carbocycles. The second-order valence-electron chi connectivity index (χ2n) is 2.87. The highest BCUT2D eigenvalue weighted by Crippen LogP contribution is 1.98. The molecule has 1 aliphatic heterocycles. The molecule has 0 N–H and O–H groups in total. The Balaban J connectivity index is 2.12. The molecule has 0 amide bonds. The molecule has 66 valence electrons. The Morgan fingerprint density at radius 2 is 1.27 bits per heavy atom. The maximum Gasteiger partial charge on any atom is 0.0701 e. The van der Waals surface area contributed by atoms with Crippen LogP contribution in [0, 0.1) is 5.92 Å². The molecular formula is C8H16O3. The van der Waals surface area contributed by atoms with E-state index in [2.05, 4.69) is 6.92 Å². The van der Waals surface area contributed by atoms with Crippen LogP contribution in [0.4, 0.5) is 0 Å². The van der Waals surface area contributed by atoms with Crippen molar-refractivity contribution >= 4 is 0 Å². The van der Waals surface area contributed by atoms with Crippen LogP contribution < -0.4 is 0 Å². The van der Waals surface area contributed by atoms with Gasteiger partial charge in [0, 0.05) is 5.92 Å². The normalized spacial score (nSPS) is 24.8. The highest BCUT2D eigenvalue weighted by atomic mass is 16.5. The van der Waals surface area contributed by atoms with E-state index >= 15 is 0 Å². The molecule has 1 fully saturated rings. The zero-order valence-electron chi connectivity index (χ0n) is 7.04. The second kappa shape index (κ2) is 5.52. The molecule has 0 unspecified atom stereocenters. The fourth-order valence-electron chi connectivity index (χ4n) is 0.955. The lowest BCUT2D eigenvalue weighted by atomic mass is 10.2. The molecule has 1 saturated heterocycles. The van der Waals surface area contributed by atoms with Crippen molar-refractivity contribution in [2.24, 2.45) is 5.92 Å². The van der Waals surface area contributed by atoms with Gasteiger partial charge in [-0.1, -0.05) is 6.92 Å². The van der Waals surface area contributed by atoms with Gasteiger partial charge >= 0.3 is 0 Å². The summed E-state index contributed by atoms with van der Waals surface area (Å²) >= 11 is 0. The maximum absolute atomic E-state index is 5.32. The molecule has 3 heteroatoms. The van der Waals surface area contributed by atoms with Crippen molar-refractivity contribution in [1.29, 1.82) is 0 Å². The second-order valence-corrected chi connectivity index (χ2v) is 2.87. The summed E-state index contributed by atoms with van der Waals surface area (Å²) in [5, 5.41) is 0. The van der Waals surface area contributed by atoms with Crippen molar-refractivity contribution in [2.45, 2.75) is 6.92 Å². The first-order valence-corrected chi connectivity index (χ1v) is 4.13. The predicted octanol–water partition coefficient (Wildman–Crippen LogP) is 0.686. The van der Waals surface area contributed by atoms with Gasteiger partial charge in [0.2, 0.25) is 0 Å². The number of ether oxygens (including phenoxy) is 3. The quantitative estimate of drug-likeness (QED) is 0.521. The predicted molar refractivity (Wildman–Crippen MR) is 41.6 cm³/mol. The number of rotatable bonds is 0. The monoisotopic (exact) mass is 160 g/mol. The lowest BCUT2D eigenvalue weighted by Crippen LogP contribution is -2.19. The van der Waals surface area contributed by atoms with E-state index in [9.17, 15) is 0 Å². The Bertz CT molecular complexity index is 85.3.